The lowest BCUT2D eigenvalue weighted by atomic mass is 9.81. The summed E-state index contributed by atoms with van der Waals surface area (Å²) in [6, 6.07) is 4.90. The Morgan fingerprint density at radius 3 is 3.09 bits per heavy atom. The standard InChI is InChI=1S/C17H19FN2O3/c18-15-2-1-5-19-16(15)22-10-14-4-7-23-17(14)11-20(12-17)8-13-3-6-21-9-13/h1-3,5-6,9,14H,4,7-8,10-12H2/t14-/m0/s1. The summed E-state index contributed by atoms with van der Waals surface area (Å²) >= 11 is 0. The minimum atomic E-state index is -0.421. The van der Waals surface area contributed by atoms with Crippen molar-refractivity contribution in [1.82, 2.24) is 9.88 Å². The molecular weight excluding hydrogens is 299 g/mol. The molecule has 0 radical (unpaired) electrons. The summed E-state index contributed by atoms with van der Waals surface area (Å²) < 4.78 is 30.3. The Bertz CT molecular complexity index is 656. The fraction of sp³-hybridized carbons (Fsp3) is 0.471. The molecule has 0 bridgehead atoms. The molecule has 0 N–H and O–H groups in total. The maximum absolute atomic E-state index is 13.6. The zero-order valence-electron chi connectivity index (χ0n) is 12.8. The second kappa shape index (κ2) is 5.94. The summed E-state index contributed by atoms with van der Waals surface area (Å²) in [5, 5.41) is 0. The molecule has 5 nitrogen and oxygen atoms in total. The van der Waals surface area contributed by atoms with Gasteiger partial charge in [-0.1, -0.05) is 0 Å². The second-order valence-electron chi connectivity index (χ2n) is 6.28. The number of ether oxygens (including phenoxy) is 2. The van der Waals surface area contributed by atoms with Crippen LogP contribution in [0.25, 0.3) is 0 Å². The monoisotopic (exact) mass is 318 g/mol. The zero-order valence-corrected chi connectivity index (χ0v) is 12.8. The minimum Gasteiger partial charge on any atom is -0.475 e. The summed E-state index contributed by atoms with van der Waals surface area (Å²) in [6.07, 6.45) is 5.93. The van der Waals surface area contributed by atoms with E-state index in [9.17, 15) is 4.39 Å². The highest BCUT2D eigenvalue weighted by Gasteiger charge is 2.53. The van der Waals surface area contributed by atoms with Crippen LogP contribution in [0.2, 0.25) is 0 Å². The average molecular weight is 318 g/mol. The average Bonchev–Trinajstić information content (AvgIpc) is 3.16. The Labute approximate surface area is 134 Å². The number of nitrogens with zero attached hydrogens (tertiary/aromatic N) is 2. The molecule has 4 heterocycles. The van der Waals surface area contributed by atoms with Crippen LogP contribution in [0.5, 0.6) is 5.88 Å². The molecule has 122 valence electrons. The number of rotatable bonds is 5. The van der Waals surface area contributed by atoms with E-state index in [1.54, 1.807) is 18.6 Å². The molecule has 6 heteroatoms. The number of hydrogen-bond donors (Lipinski definition) is 0. The first-order valence-corrected chi connectivity index (χ1v) is 7.86. The molecular formula is C17H19FN2O3. The Morgan fingerprint density at radius 2 is 2.30 bits per heavy atom. The number of hydrogen-bond acceptors (Lipinski definition) is 5. The lowest BCUT2D eigenvalue weighted by Gasteiger charge is -2.50. The van der Waals surface area contributed by atoms with Gasteiger partial charge in [0.2, 0.25) is 5.88 Å². The van der Waals surface area contributed by atoms with Crippen molar-refractivity contribution in [2.75, 3.05) is 26.3 Å². The van der Waals surface area contributed by atoms with Crippen LogP contribution in [0.15, 0.2) is 41.3 Å². The van der Waals surface area contributed by atoms with Crippen molar-refractivity contribution in [1.29, 1.82) is 0 Å². The molecule has 0 unspecified atom stereocenters. The highest BCUT2D eigenvalue weighted by Crippen LogP contribution is 2.40. The number of furan rings is 1. The van der Waals surface area contributed by atoms with Gasteiger partial charge < -0.3 is 13.9 Å². The zero-order chi connectivity index (χ0) is 15.7. The first-order valence-electron chi connectivity index (χ1n) is 7.86. The van der Waals surface area contributed by atoms with Crippen molar-refractivity contribution in [3.8, 4) is 5.88 Å². The summed E-state index contributed by atoms with van der Waals surface area (Å²) in [4.78, 5) is 6.26. The smallest absolute Gasteiger partial charge is 0.250 e. The van der Waals surface area contributed by atoms with E-state index < -0.39 is 5.82 Å². The molecule has 2 aliphatic heterocycles. The molecule has 0 saturated carbocycles. The van der Waals surface area contributed by atoms with Gasteiger partial charge in [0.25, 0.3) is 0 Å². The van der Waals surface area contributed by atoms with E-state index in [1.807, 2.05) is 6.07 Å². The predicted molar refractivity (Wildman–Crippen MR) is 80.5 cm³/mol. The lowest BCUT2D eigenvalue weighted by molar-refractivity contribution is -0.140. The quantitative estimate of drug-likeness (QED) is 0.847. The maximum Gasteiger partial charge on any atom is 0.250 e. The highest BCUT2D eigenvalue weighted by molar-refractivity contribution is 5.14. The van der Waals surface area contributed by atoms with Gasteiger partial charge >= 0.3 is 0 Å². The molecule has 1 atom stereocenters. The summed E-state index contributed by atoms with van der Waals surface area (Å²) in [5.41, 5.74) is 1.01. The molecule has 0 aromatic carbocycles. The van der Waals surface area contributed by atoms with E-state index in [0.717, 1.165) is 32.7 Å². The largest absolute Gasteiger partial charge is 0.475 e. The summed E-state index contributed by atoms with van der Waals surface area (Å²) in [5.74, 6) is -0.0794. The van der Waals surface area contributed by atoms with E-state index in [0.29, 0.717) is 6.61 Å². The topological polar surface area (TPSA) is 47.7 Å². The maximum atomic E-state index is 13.6. The third-order valence-electron chi connectivity index (χ3n) is 4.71. The van der Waals surface area contributed by atoms with Gasteiger partial charge in [-0.05, 0) is 24.6 Å². The van der Waals surface area contributed by atoms with Crippen LogP contribution >= 0.6 is 0 Å². The molecule has 1 spiro atoms. The van der Waals surface area contributed by atoms with Gasteiger partial charge in [0, 0.05) is 43.9 Å². The fourth-order valence-electron chi connectivity index (χ4n) is 3.49. The van der Waals surface area contributed by atoms with Crippen LogP contribution in [-0.4, -0.2) is 41.8 Å². The number of aromatic nitrogens is 1. The molecule has 4 rings (SSSR count). The Morgan fingerprint density at radius 1 is 1.39 bits per heavy atom. The molecule has 2 aromatic rings. The predicted octanol–water partition coefficient (Wildman–Crippen LogP) is 2.48. The van der Waals surface area contributed by atoms with Crippen molar-refractivity contribution >= 4 is 0 Å². The van der Waals surface area contributed by atoms with Gasteiger partial charge in [-0.15, -0.1) is 0 Å². The van der Waals surface area contributed by atoms with Crippen LogP contribution in [0.4, 0.5) is 4.39 Å². The van der Waals surface area contributed by atoms with Gasteiger partial charge in [-0.3, -0.25) is 4.90 Å². The van der Waals surface area contributed by atoms with E-state index in [-0.39, 0.29) is 17.4 Å². The summed E-state index contributed by atoms with van der Waals surface area (Å²) in [7, 11) is 0. The van der Waals surface area contributed by atoms with Crippen molar-refractivity contribution in [2.45, 2.75) is 18.6 Å². The normalized spacial score (nSPS) is 23.1. The van der Waals surface area contributed by atoms with E-state index in [1.165, 1.54) is 17.8 Å². The van der Waals surface area contributed by atoms with Crippen molar-refractivity contribution in [2.24, 2.45) is 5.92 Å². The van der Waals surface area contributed by atoms with Gasteiger partial charge in [-0.2, -0.15) is 0 Å². The molecule has 2 saturated heterocycles. The van der Waals surface area contributed by atoms with E-state index in [2.05, 4.69) is 9.88 Å². The molecule has 2 aliphatic rings. The Kier molecular flexibility index (Phi) is 3.79. The van der Waals surface area contributed by atoms with E-state index in [4.69, 9.17) is 13.9 Å². The van der Waals surface area contributed by atoms with Crippen LogP contribution < -0.4 is 4.74 Å². The van der Waals surface area contributed by atoms with Crippen molar-refractivity contribution < 1.29 is 18.3 Å². The van der Waals surface area contributed by atoms with E-state index >= 15 is 0 Å². The van der Waals surface area contributed by atoms with Crippen LogP contribution in [0.1, 0.15) is 12.0 Å². The van der Waals surface area contributed by atoms with Crippen LogP contribution in [0.3, 0.4) is 0 Å². The fourth-order valence-corrected chi connectivity index (χ4v) is 3.49. The number of pyridine rings is 1. The van der Waals surface area contributed by atoms with Crippen molar-refractivity contribution in [3.05, 3.63) is 48.3 Å². The van der Waals surface area contributed by atoms with Crippen molar-refractivity contribution in [3.63, 3.8) is 0 Å². The van der Waals surface area contributed by atoms with Crippen LogP contribution in [-0.2, 0) is 11.3 Å². The summed E-state index contributed by atoms with van der Waals surface area (Å²) in [6.45, 7) is 3.78. The minimum absolute atomic E-state index is 0.0733. The second-order valence-corrected chi connectivity index (χ2v) is 6.28. The molecule has 0 aliphatic carbocycles. The SMILES string of the molecule is Fc1cccnc1OC[C@@H]1CCOC12CN(Cc1ccoc1)C2. The molecule has 0 amide bonds. The third kappa shape index (κ3) is 2.84. The molecule has 23 heavy (non-hydrogen) atoms. The van der Waals surface area contributed by atoms with Gasteiger partial charge in [0.05, 0.1) is 24.7 Å². The molecule has 2 aromatic heterocycles. The van der Waals surface area contributed by atoms with Gasteiger partial charge in [0.15, 0.2) is 5.82 Å². The molecule has 2 fully saturated rings. The number of likely N-dealkylation sites (tertiary alicyclic amines) is 1. The van der Waals surface area contributed by atoms with Gasteiger partial charge in [0.1, 0.15) is 0 Å². The van der Waals surface area contributed by atoms with Gasteiger partial charge in [-0.25, -0.2) is 9.37 Å². The van der Waals surface area contributed by atoms with Crippen LogP contribution in [0, 0.1) is 11.7 Å². The first-order chi connectivity index (χ1) is 11.3. The Hall–Kier alpha value is -1.92. The Balaban J connectivity index is 1.34. The highest BCUT2D eigenvalue weighted by atomic mass is 19.1. The third-order valence-corrected chi connectivity index (χ3v) is 4.71. The lowest BCUT2D eigenvalue weighted by Crippen LogP contribution is -2.64. The number of halogens is 1. The first kappa shape index (κ1) is 14.7.